The summed E-state index contributed by atoms with van der Waals surface area (Å²) in [5.74, 6) is 0.00458. The van der Waals surface area contributed by atoms with Crippen molar-refractivity contribution in [3.05, 3.63) is 74.1 Å². The molecule has 0 fully saturated rings. The lowest BCUT2D eigenvalue weighted by Crippen LogP contribution is -3.14. The summed E-state index contributed by atoms with van der Waals surface area (Å²) in [6, 6.07) is 15.8. The summed E-state index contributed by atoms with van der Waals surface area (Å²) in [6.07, 6.45) is 1.02. The molecule has 1 aromatic carbocycles. The van der Waals surface area contributed by atoms with E-state index in [2.05, 4.69) is 40.3 Å². The first kappa shape index (κ1) is 17.0. The Kier molecular flexibility index (Phi) is 4.85. The van der Waals surface area contributed by atoms with Crippen LogP contribution < -0.4 is 10.2 Å². The Morgan fingerprint density at radius 3 is 2.77 bits per heavy atom. The number of carbonyl (C=O) groups is 1. The molecule has 0 saturated heterocycles. The highest BCUT2D eigenvalue weighted by Crippen LogP contribution is 2.31. The third-order valence-corrected chi connectivity index (χ3v) is 6.62. The van der Waals surface area contributed by atoms with Crippen LogP contribution in [-0.4, -0.2) is 19.0 Å². The molecule has 4 rings (SSSR count). The number of nitrogens with one attached hydrogen (secondary N) is 2. The number of benzene rings is 1. The minimum atomic E-state index is 0.00458. The predicted octanol–water partition coefficient (Wildman–Crippen LogP) is 2.85. The lowest BCUT2D eigenvalue weighted by atomic mass is 9.98. The maximum absolute atomic E-state index is 12.6. The molecule has 3 heterocycles. The molecular weight excluding hydrogens is 362 g/mol. The van der Waals surface area contributed by atoms with Crippen LogP contribution in [0.3, 0.4) is 0 Å². The quantitative estimate of drug-likeness (QED) is 0.731. The molecule has 2 N–H and O–H groups in total. The predicted molar refractivity (Wildman–Crippen MR) is 105 cm³/mol. The van der Waals surface area contributed by atoms with Crippen molar-refractivity contribution in [2.45, 2.75) is 12.5 Å². The molecule has 0 saturated carbocycles. The first-order valence-corrected chi connectivity index (χ1v) is 10.2. The maximum atomic E-state index is 12.6. The van der Waals surface area contributed by atoms with Crippen molar-refractivity contribution in [3.8, 4) is 6.07 Å². The summed E-state index contributed by atoms with van der Waals surface area (Å²) in [7, 11) is 0. The molecule has 26 heavy (non-hydrogen) atoms. The van der Waals surface area contributed by atoms with Gasteiger partial charge in [-0.3, -0.25) is 4.79 Å². The number of anilines is 1. The van der Waals surface area contributed by atoms with Gasteiger partial charge in [-0.1, -0.05) is 6.07 Å². The van der Waals surface area contributed by atoms with Crippen molar-refractivity contribution in [2.24, 2.45) is 0 Å². The van der Waals surface area contributed by atoms with Crippen LogP contribution in [0.5, 0.6) is 0 Å². The molecule has 1 aliphatic rings. The number of rotatable bonds is 4. The number of fused-ring (bicyclic) bond motifs is 1. The van der Waals surface area contributed by atoms with Crippen molar-refractivity contribution in [2.75, 3.05) is 18.4 Å². The fraction of sp³-hybridized carbons (Fsp3) is 0.200. The van der Waals surface area contributed by atoms with Crippen molar-refractivity contribution >= 4 is 34.3 Å². The summed E-state index contributed by atoms with van der Waals surface area (Å²) < 4.78 is 0. The molecule has 0 aliphatic carbocycles. The molecule has 2 atom stereocenters. The third kappa shape index (κ3) is 3.42. The molecular formula is C20H18N3OS2+. The molecule has 130 valence electrons. The summed E-state index contributed by atoms with van der Waals surface area (Å²) in [6.45, 7) is 1.38. The minimum Gasteiger partial charge on any atom is -0.321 e. The first-order valence-electron chi connectivity index (χ1n) is 8.49. The van der Waals surface area contributed by atoms with Crippen LogP contribution in [-0.2, 0) is 11.2 Å². The third-order valence-electron chi connectivity index (χ3n) is 4.69. The Bertz CT molecular complexity index is 938. The Morgan fingerprint density at radius 1 is 1.19 bits per heavy atom. The smallest absolute Gasteiger partial charge is 0.279 e. The number of thiophene rings is 2. The van der Waals surface area contributed by atoms with E-state index in [1.807, 2.05) is 11.3 Å². The Balaban J connectivity index is 1.51. The molecule has 3 aromatic rings. The largest absolute Gasteiger partial charge is 0.321 e. The fourth-order valence-electron chi connectivity index (χ4n) is 3.49. The normalized spacial score (nSPS) is 18.7. The van der Waals surface area contributed by atoms with Crippen molar-refractivity contribution in [1.29, 1.82) is 5.26 Å². The van der Waals surface area contributed by atoms with Gasteiger partial charge in [0.2, 0.25) is 0 Å². The van der Waals surface area contributed by atoms with Gasteiger partial charge in [0.05, 0.1) is 23.1 Å². The van der Waals surface area contributed by atoms with Crippen LogP contribution >= 0.6 is 22.7 Å². The van der Waals surface area contributed by atoms with Gasteiger partial charge in [0, 0.05) is 22.5 Å². The average Bonchev–Trinajstić information content (AvgIpc) is 3.34. The molecule has 0 radical (unpaired) electrons. The molecule has 1 aliphatic heterocycles. The van der Waals surface area contributed by atoms with Crippen LogP contribution in [0, 0.1) is 11.3 Å². The second-order valence-corrected chi connectivity index (χ2v) is 8.30. The number of hydrogen-bond donors (Lipinski definition) is 2. The minimum absolute atomic E-state index is 0.00458. The average molecular weight is 381 g/mol. The number of nitriles is 1. The highest BCUT2D eigenvalue weighted by atomic mass is 32.1. The number of hydrogen-bond acceptors (Lipinski definition) is 4. The molecule has 2 aromatic heterocycles. The highest BCUT2D eigenvalue weighted by molar-refractivity contribution is 7.10. The van der Waals surface area contributed by atoms with Crippen molar-refractivity contribution < 1.29 is 9.69 Å². The fourth-order valence-corrected chi connectivity index (χ4v) is 5.31. The van der Waals surface area contributed by atoms with E-state index in [1.165, 1.54) is 20.2 Å². The second kappa shape index (κ2) is 7.42. The van der Waals surface area contributed by atoms with Crippen molar-refractivity contribution in [1.82, 2.24) is 0 Å². The lowest BCUT2D eigenvalue weighted by molar-refractivity contribution is -0.919. The van der Waals surface area contributed by atoms with Crippen molar-refractivity contribution in [3.63, 3.8) is 0 Å². The van der Waals surface area contributed by atoms with Crippen LogP contribution in [0.25, 0.3) is 0 Å². The Labute approximate surface area is 160 Å². The SMILES string of the molecule is N#Cc1ccc(NC(=O)C[NH+]2CCc3sccc3[C@@H]2c2cccs2)cc1. The van der Waals surface area contributed by atoms with Crippen LogP contribution in [0.1, 0.15) is 26.9 Å². The van der Waals surface area contributed by atoms with E-state index >= 15 is 0 Å². The van der Waals surface area contributed by atoms with Gasteiger partial charge >= 0.3 is 0 Å². The van der Waals surface area contributed by atoms with E-state index in [-0.39, 0.29) is 11.9 Å². The Morgan fingerprint density at radius 2 is 2.04 bits per heavy atom. The lowest BCUT2D eigenvalue weighted by Gasteiger charge is -2.31. The molecule has 4 nitrogen and oxygen atoms in total. The zero-order valence-corrected chi connectivity index (χ0v) is 15.7. The van der Waals surface area contributed by atoms with Gasteiger partial charge in [0.1, 0.15) is 6.04 Å². The van der Waals surface area contributed by atoms with Gasteiger partial charge in [-0.25, -0.2) is 0 Å². The van der Waals surface area contributed by atoms with Crippen LogP contribution in [0.4, 0.5) is 5.69 Å². The zero-order valence-electron chi connectivity index (χ0n) is 14.1. The van der Waals surface area contributed by atoms with E-state index in [9.17, 15) is 4.79 Å². The van der Waals surface area contributed by atoms with Gasteiger partial charge in [0.25, 0.3) is 5.91 Å². The summed E-state index contributed by atoms with van der Waals surface area (Å²) in [4.78, 5) is 16.6. The number of quaternary nitrogens is 1. The molecule has 6 heteroatoms. The van der Waals surface area contributed by atoms with E-state index in [4.69, 9.17) is 5.26 Å². The van der Waals surface area contributed by atoms with Crippen LogP contribution in [0.15, 0.2) is 53.2 Å². The monoisotopic (exact) mass is 380 g/mol. The van der Waals surface area contributed by atoms with E-state index < -0.39 is 0 Å². The standard InChI is InChI=1S/C20H17N3OS2/c21-12-14-3-5-15(6-4-14)22-19(24)13-23-9-7-17-16(8-11-26-17)20(23)18-2-1-10-25-18/h1-6,8,10-11,20H,7,9,13H2,(H,22,24)/p+1/t20-/m1/s1. The van der Waals surface area contributed by atoms with Gasteiger partial charge in [0.15, 0.2) is 6.54 Å². The van der Waals surface area contributed by atoms with Gasteiger partial charge in [-0.05, 0) is 47.2 Å². The molecule has 1 amide bonds. The maximum Gasteiger partial charge on any atom is 0.279 e. The van der Waals surface area contributed by atoms with Gasteiger partial charge in [-0.2, -0.15) is 5.26 Å². The van der Waals surface area contributed by atoms with Crippen LogP contribution in [0.2, 0.25) is 0 Å². The molecule has 0 spiro atoms. The number of nitrogens with zero attached hydrogens (tertiary/aromatic N) is 1. The molecule has 0 bridgehead atoms. The van der Waals surface area contributed by atoms with E-state index in [0.717, 1.165) is 18.7 Å². The first-order chi connectivity index (χ1) is 12.7. The van der Waals surface area contributed by atoms with Gasteiger partial charge < -0.3 is 10.2 Å². The molecule has 1 unspecified atom stereocenters. The van der Waals surface area contributed by atoms with E-state index in [0.29, 0.717) is 12.1 Å². The second-order valence-electron chi connectivity index (χ2n) is 6.32. The Hall–Kier alpha value is -2.46. The zero-order chi connectivity index (χ0) is 17.9. The van der Waals surface area contributed by atoms with E-state index in [1.54, 1.807) is 35.6 Å². The summed E-state index contributed by atoms with van der Waals surface area (Å²) in [5.41, 5.74) is 2.69. The number of carbonyl (C=O) groups excluding carboxylic acids is 1. The number of amides is 1. The topological polar surface area (TPSA) is 57.3 Å². The van der Waals surface area contributed by atoms with Gasteiger partial charge in [-0.15, -0.1) is 22.7 Å². The highest BCUT2D eigenvalue weighted by Gasteiger charge is 2.35. The summed E-state index contributed by atoms with van der Waals surface area (Å²) >= 11 is 3.57. The summed E-state index contributed by atoms with van der Waals surface area (Å²) in [5, 5.41) is 16.1.